The van der Waals surface area contributed by atoms with Gasteiger partial charge in [0.15, 0.2) is 0 Å². The first-order chi connectivity index (χ1) is 10.7. The average molecular weight is 333 g/mol. The highest BCUT2D eigenvalue weighted by Crippen LogP contribution is 2.17. The van der Waals surface area contributed by atoms with Gasteiger partial charge < -0.3 is 5.11 Å². The van der Waals surface area contributed by atoms with Crippen LogP contribution in [0.2, 0.25) is 5.02 Å². The number of hydrogen-bond acceptors (Lipinski definition) is 3. The molecule has 120 valence electrons. The Bertz CT molecular complexity index is 815. The number of rotatable bonds is 3. The third-order valence-electron chi connectivity index (χ3n) is 3.19. The summed E-state index contributed by atoms with van der Waals surface area (Å²) in [4.78, 5) is 23.0. The first-order valence-corrected chi connectivity index (χ1v) is 7.37. The van der Waals surface area contributed by atoms with Crippen molar-refractivity contribution >= 4 is 29.7 Å². The molecule has 23 heavy (non-hydrogen) atoms. The zero-order valence-electron chi connectivity index (χ0n) is 13.1. The summed E-state index contributed by atoms with van der Waals surface area (Å²) in [7, 11) is 0. The van der Waals surface area contributed by atoms with E-state index in [9.17, 15) is 9.59 Å². The fourth-order valence-electron chi connectivity index (χ4n) is 1.96. The molecule has 0 fully saturated rings. The van der Waals surface area contributed by atoms with Gasteiger partial charge in [-0.2, -0.15) is 5.10 Å². The summed E-state index contributed by atoms with van der Waals surface area (Å²) in [5, 5.41) is 13.1. The number of carboxylic acids is 1. The van der Waals surface area contributed by atoms with Crippen LogP contribution in [0.15, 0.2) is 35.3 Å². The van der Waals surface area contributed by atoms with E-state index in [2.05, 4.69) is 5.10 Å². The van der Waals surface area contributed by atoms with Gasteiger partial charge in [-0.15, -0.1) is 0 Å². The van der Waals surface area contributed by atoms with Crippen LogP contribution in [-0.4, -0.2) is 20.9 Å². The smallest absolute Gasteiger partial charge is 0.335 e. The summed E-state index contributed by atoms with van der Waals surface area (Å²) in [5.74, 6) is -0.974. The quantitative estimate of drug-likeness (QED) is 0.933. The molecule has 1 aromatic heterocycles. The van der Waals surface area contributed by atoms with Gasteiger partial charge in [0.1, 0.15) is 5.02 Å². The molecule has 2 aromatic rings. The maximum Gasteiger partial charge on any atom is 0.335 e. The average Bonchev–Trinajstić information content (AvgIpc) is 2.48. The molecule has 1 heterocycles. The molecule has 0 spiro atoms. The molecule has 6 heteroatoms. The molecule has 0 amide bonds. The van der Waals surface area contributed by atoms with Crippen LogP contribution in [0.4, 0.5) is 0 Å². The lowest BCUT2D eigenvalue weighted by Gasteiger charge is -2.20. The van der Waals surface area contributed by atoms with E-state index in [1.807, 2.05) is 20.8 Å². The van der Waals surface area contributed by atoms with E-state index in [-0.39, 0.29) is 16.1 Å². The minimum absolute atomic E-state index is 0.105. The standard InChI is InChI=1S/C17H17ClN2O3/c1-17(2,3)20-15(21)14(18)13(10-19-20)9-6-11-4-7-12(8-5-11)16(22)23/h4-10H,1-3H3,(H,22,23)/b9-6+. The van der Waals surface area contributed by atoms with E-state index in [0.717, 1.165) is 5.56 Å². The molecule has 0 radical (unpaired) electrons. The Morgan fingerprint density at radius 1 is 1.22 bits per heavy atom. The van der Waals surface area contributed by atoms with Crippen LogP contribution >= 0.6 is 11.6 Å². The molecule has 1 aromatic carbocycles. The second-order valence-corrected chi connectivity index (χ2v) is 6.44. The van der Waals surface area contributed by atoms with E-state index < -0.39 is 11.5 Å². The van der Waals surface area contributed by atoms with E-state index in [1.54, 1.807) is 24.3 Å². The number of carboxylic acid groups (broad SMARTS) is 1. The zero-order valence-corrected chi connectivity index (χ0v) is 13.8. The van der Waals surface area contributed by atoms with E-state index >= 15 is 0 Å². The Morgan fingerprint density at radius 3 is 2.35 bits per heavy atom. The predicted octanol–water partition coefficient (Wildman–Crippen LogP) is 3.52. The molecule has 2 rings (SSSR count). The molecular weight excluding hydrogens is 316 g/mol. The van der Waals surface area contributed by atoms with Gasteiger partial charge in [0.2, 0.25) is 0 Å². The highest BCUT2D eigenvalue weighted by molar-refractivity contribution is 6.31. The van der Waals surface area contributed by atoms with Crippen LogP contribution in [0.5, 0.6) is 0 Å². The first kappa shape index (κ1) is 17.0. The van der Waals surface area contributed by atoms with Crippen LogP contribution in [0.3, 0.4) is 0 Å². The first-order valence-electron chi connectivity index (χ1n) is 7.00. The zero-order chi connectivity index (χ0) is 17.2. The summed E-state index contributed by atoms with van der Waals surface area (Å²) in [5.41, 5.74) is 0.734. The maximum absolute atomic E-state index is 12.2. The number of carbonyl (C=O) groups is 1. The van der Waals surface area contributed by atoms with Crippen molar-refractivity contribution in [1.29, 1.82) is 0 Å². The minimum Gasteiger partial charge on any atom is -0.478 e. The Hall–Kier alpha value is -2.40. The van der Waals surface area contributed by atoms with E-state index in [4.69, 9.17) is 16.7 Å². The van der Waals surface area contributed by atoms with Gasteiger partial charge in [-0.3, -0.25) is 4.79 Å². The third-order valence-corrected chi connectivity index (χ3v) is 3.57. The molecule has 0 aliphatic rings. The van der Waals surface area contributed by atoms with Gasteiger partial charge in [-0.25, -0.2) is 9.48 Å². The van der Waals surface area contributed by atoms with Crippen molar-refractivity contribution in [2.24, 2.45) is 0 Å². The lowest BCUT2D eigenvalue weighted by Crippen LogP contribution is -2.36. The Labute approximate surface area is 138 Å². The fraction of sp³-hybridized carbons (Fsp3) is 0.235. The molecular formula is C17H17ClN2O3. The van der Waals surface area contributed by atoms with Crippen LogP contribution in [0, 0.1) is 0 Å². The summed E-state index contributed by atoms with van der Waals surface area (Å²) < 4.78 is 1.34. The molecule has 1 N–H and O–H groups in total. The highest BCUT2D eigenvalue weighted by Gasteiger charge is 2.18. The van der Waals surface area contributed by atoms with Gasteiger partial charge in [-0.05, 0) is 38.5 Å². The van der Waals surface area contributed by atoms with E-state index in [0.29, 0.717) is 5.56 Å². The number of aromatic carboxylic acids is 1. The van der Waals surface area contributed by atoms with E-state index in [1.165, 1.54) is 23.0 Å². The summed E-state index contributed by atoms with van der Waals surface area (Å²) in [6, 6.07) is 6.38. The second-order valence-electron chi connectivity index (χ2n) is 6.06. The molecule has 0 saturated carbocycles. The summed E-state index contributed by atoms with van der Waals surface area (Å²) in [6.07, 6.45) is 4.96. The molecule has 0 saturated heterocycles. The van der Waals surface area contributed by atoms with Gasteiger partial charge in [0.05, 0.1) is 17.3 Å². The van der Waals surface area contributed by atoms with Crippen molar-refractivity contribution in [3.8, 4) is 0 Å². The Balaban J connectivity index is 2.32. The number of benzene rings is 1. The third kappa shape index (κ3) is 3.87. The monoisotopic (exact) mass is 332 g/mol. The second kappa shape index (κ2) is 6.38. The van der Waals surface area contributed by atoms with Crippen molar-refractivity contribution < 1.29 is 9.90 Å². The lowest BCUT2D eigenvalue weighted by molar-refractivity contribution is 0.0697. The topological polar surface area (TPSA) is 72.2 Å². The number of hydrogen-bond donors (Lipinski definition) is 1. The van der Waals surface area contributed by atoms with Gasteiger partial charge in [-0.1, -0.05) is 35.9 Å². The van der Waals surface area contributed by atoms with Crippen molar-refractivity contribution in [3.63, 3.8) is 0 Å². The normalized spacial score (nSPS) is 11.8. The van der Waals surface area contributed by atoms with Crippen molar-refractivity contribution in [2.75, 3.05) is 0 Å². The molecule has 0 unspecified atom stereocenters. The SMILES string of the molecule is CC(C)(C)n1ncc(/C=C/c2ccc(C(=O)O)cc2)c(Cl)c1=O. The van der Waals surface area contributed by atoms with Gasteiger partial charge >= 0.3 is 5.97 Å². The lowest BCUT2D eigenvalue weighted by atomic mass is 10.1. The molecule has 0 aliphatic carbocycles. The number of nitrogens with zero attached hydrogens (tertiary/aromatic N) is 2. The van der Waals surface area contributed by atoms with Crippen LogP contribution < -0.4 is 5.56 Å². The number of aromatic nitrogens is 2. The molecule has 5 nitrogen and oxygen atoms in total. The van der Waals surface area contributed by atoms with Crippen LogP contribution in [0.25, 0.3) is 12.2 Å². The molecule has 0 bridgehead atoms. The summed E-state index contributed by atoms with van der Waals surface area (Å²) >= 11 is 6.14. The van der Waals surface area contributed by atoms with Crippen LogP contribution in [-0.2, 0) is 5.54 Å². The van der Waals surface area contributed by atoms with Crippen molar-refractivity contribution in [1.82, 2.24) is 9.78 Å². The molecule has 0 atom stereocenters. The summed E-state index contributed by atoms with van der Waals surface area (Å²) in [6.45, 7) is 5.62. The highest BCUT2D eigenvalue weighted by atomic mass is 35.5. The molecule has 0 aliphatic heterocycles. The number of halogens is 1. The maximum atomic E-state index is 12.2. The largest absolute Gasteiger partial charge is 0.478 e. The Morgan fingerprint density at radius 2 is 1.83 bits per heavy atom. The Kier molecular flexibility index (Phi) is 4.71. The van der Waals surface area contributed by atoms with Crippen molar-refractivity contribution in [3.05, 3.63) is 62.5 Å². The minimum atomic E-state index is -0.974. The fourth-order valence-corrected chi connectivity index (χ4v) is 2.15. The van der Waals surface area contributed by atoms with Crippen LogP contribution in [0.1, 0.15) is 42.3 Å². The van der Waals surface area contributed by atoms with Gasteiger partial charge in [0, 0.05) is 5.56 Å². The van der Waals surface area contributed by atoms with Crippen molar-refractivity contribution in [2.45, 2.75) is 26.3 Å². The predicted molar refractivity (Wildman–Crippen MR) is 90.8 cm³/mol. The van der Waals surface area contributed by atoms with Gasteiger partial charge in [0.25, 0.3) is 5.56 Å².